The molecule has 0 atom stereocenters. The second-order valence-corrected chi connectivity index (χ2v) is 6.67. The van der Waals surface area contributed by atoms with Gasteiger partial charge in [0.15, 0.2) is 0 Å². The summed E-state index contributed by atoms with van der Waals surface area (Å²) in [6.07, 6.45) is 1.86. The van der Waals surface area contributed by atoms with E-state index in [1.165, 1.54) is 36.0 Å². The molecule has 0 fully saturated rings. The number of anilines is 1. The van der Waals surface area contributed by atoms with Crippen LogP contribution in [-0.4, -0.2) is 25.7 Å². The molecule has 0 aromatic heterocycles. The van der Waals surface area contributed by atoms with Crippen molar-refractivity contribution in [2.45, 2.75) is 9.79 Å². The number of hydrogen-bond acceptors (Lipinski definition) is 4. The zero-order valence-electron chi connectivity index (χ0n) is 11.1. The molecule has 5 nitrogen and oxygen atoms in total. The molecule has 0 saturated carbocycles. The molecule has 0 unspecified atom stereocenters. The van der Waals surface area contributed by atoms with E-state index in [0.29, 0.717) is 5.69 Å². The van der Waals surface area contributed by atoms with Gasteiger partial charge in [-0.05, 0) is 42.7 Å². The van der Waals surface area contributed by atoms with Crippen LogP contribution in [0.1, 0.15) is 10.4 Å². The van der Waals surface area contributed by atoms with E-state index in [1.54, 1.807) is 12.1 Å². The maximum Gasteiger partial charge on any atom is 0.335 e. The van der Waals surface area contributed by atoms with Gasteiger partial charge in [-0.1, -0.05) is 12.1 Å². The molecule has 2 N–H and O–H groups in total. The van der Waals surface area contributed by atoms with Gasteiger partial charge in [-0.25, -0.2) is 13.2 Å². The molecule has 0 aliphatic rings. The van der Waals surface area contributed by atoms with Crippen molar-refractivity contribution in [3.63, 3.8) is 0 Å². The monoisotopic (exact) mass is 323 g/mol. The van der Waals surface area contributed by atoms with Crippen LogP contribution in [0.2, 0.25) is 0 Å². The van der Waals surface area contributed by atoms with Crippen LogP contribution < -0.4 is 4.72 Å². The second-order valence-electron chi connectivity index (χ2n) is 4.14. The fourth-order valence-corrected chi connectivity index (χ4v) is 3.41. The van der Waals surface area contributed by atoms with E-state index in [4.69, 9.17) is 5.11 Å². The summed E-state index contributed by atoms with van der Waals surface area (Å²) in [7, 11) is -3.74. The van der Waals surface area contributed by atoms with Crippen molar-refractivity contribution in [1.82, 2.24) is 0 Å². The zero-order valence-corrected chi connectivity index (χ0v) is 12.7. The smallest absolute Gasteiger partial charge is 0.335 e. The van der Waals surface area contributed by atoms with Crippen molar-refractivity contribution in [2.75, 3.05) is 11.0 Å². The number of para-hydroxylation sites is 1. The van der Waals surface area contributed by atoms with Crippen LogP contribution in [0.15, 0.2) is 58.3 Å². The van der Waals surface area contributed by atoms with Crippen molar-refractivity contribution in [3.05, 3.63) is 54.1 Å². The number of rotatable bonds is 5. The van der Waals surface area contributed by atoms with E-state index in [0.717, 1.165) is 4.90 Å². The largest absolute Gasteiger partial charge is 0.478 e. The van der Waals surface area contributed by atoms with Crippen LogP contribution in [0.5, 0.6) is 0 Å². The molecule has 2 aromatic carbocycles. The standard InChI is InChI=1S/C14H13NO4S2/c1-20-13-5-3-2-4-12(13)15-21(18,19)11-8-6-10(7-9-11)14(16)17/h2-9,15H,1H3,(H,16,17). The van der Waals surface area contributed by atoms with Crippen LogP contribution in [0, 0.1) is 0 Å². The Labute approximate surface area is 127 Å². The summed E-state index contributed by atoms with van der Waals surface area (Å²) in [6.45, 7) is 0. The SMILES string of the molecule is CSc1ccccc1NS(=O)(=O)c1ccc(C(=O)O)cc1. The van der Waals surface area contributed by atoms with Gasteiger partial charge >= 0.3 is 5.97 Å². The first-order chi connectivity index (χ1) is 9.94. The number of hydrogen-bond donors (Lipinski definition) is 2. The minimum atomic E-state index is -3.74. The zero-order chi connectivity index (χ0) is 15.5. The third-order valence-corrected chi connectivity index (χ3v) is 4.94. The molecule has 7 heteroatoms. The first-order valence-corrected chi connectivity index (χ1v) is 8.64. The predicted octanol–water partition coefficient (Wildman–Crippen LogP) is 2.91. The summed E-state index contributed by atoms with van der Waals surface area (Å²) in [5.41, 5.74) is 0.533. The van der Waals surface area contributed by atoms with Crippen molar-refractivity contribution in [3.8, 4) is 0 Å². The van der Waals surface area contributed by atoms with Crippen molar-refractivity contribution in [2.24, 2.45) is 0 Å². The average Bonchev–Trinajstić information content (AvgIpc) is 2.47. The number of carboxylic acid groups (broad SMARTS) is 1. The summed E-state index contributed by atoms with van der Waals surface area (Å²) in [6, 6.07) is 12.1. The molecule has 21 heavy (non-hydrogen) atoms. The summed E-state index contributed by atoms with van der Waals surface area (Å²) in [5.74, 6) is -1.10. The van der Waals surface area contributed by atoms with E-state index >= 15 is 0 Å². The van der Waals surface area contributed by atoms with Crippen LogP contribution in [-0.2, 0) is 10.0 Å². The first-order valence-electron chi connectivity index (χ1n) is 5.93. The summed E-state index contributed by atoms with van der Waals surface area (Å²) < 4.78 is 27.1. The molecule has 0 amide bonds. The Morgan fingerprint density at radius 1 is 1.10 bits per heavy atom. The third kappa shape index (κ3) is 3.56. The molecule has 0 bridgehead atoms. The summed E-state index contributed by atoms with van der Waals surface area (Å²) >= 11 is 1.43. The first kappa shape index (κ1) is 15.4. The third-order valence-electron chi connectivity index (χ3n) is 2.76. The highest BCUT2D eigenvalue weighted by Crippen LogP contribution is 2.27. The Morgan fingerprint density at radius 3 is 2.29 bits per heavy atom. The Balaban J connectivity index is 2.32. The molecule has 110 valence electrons. The summed E-state index contributed by atoms with van der Waals surface area (Å²) in [4.78, 5) is 11.6. The van der Waals surface area contributed by atoms with Crippen LogP contribution in [0.4, 0.5) is 5.69 Å². The van der Waals surface area contributed by atoms with E-state index < -0.39 is 16.0 Å². The number of sulfonamides is 1. The maximum atomic E-state index is 12.3. The Hall–Kier alpha value is -1.99. The van der Waals surface area contributed by atoms with Crippen LogP contribution in [0.25, 0.3) is 0 Å². The van der Waals surface area contributed by atoms with Crippen molar-refractivity contribution < 1.29 is 18.3 Å². The van der Waals surface area contributed by atoms with Crippen molar-refractivity contribution in [1.29, 1.82) is 0 Å². The van der Waals surface area contributed by atoms with Crippen molar-refractivity contribution >= 4 is 33.4 Å². The van der Waals surface area contributed by atoms with E-state index in [1.807, 2.05) is 18.4 Å². The van der Waals surface area contributed by atoms with Gasteiger partial charge in [0, 0.05) is 4.90 Å². The highest BCUT2D eigenvalue weighted by molar-refractivity contribution is 7.99. The number of thioether (sulfide) groups is 1. The Kier molecular flexibility index (Phi) is 4.54. The fourth-order valence-electron chi connectivity index (χ4n) is 1.71. The summed E-state index contributed by atoms with van der Waals surface area (Å²) in [5, 5.41) is 8.81. The highest BCUT2D eigenvalue weighted by atomic mass is 32.2. The van der Waals surface area contributed by atoms with Gasteiger partial charge in [0.1, 0.15) is 0 Å². The van der Waals surface area contributed by atoms with E-state index in [2.05, 4.69) is 4.72 Å². The van der Waals surface area contributed by atoms with Gasteiger partial charge < -0.3 is 5.11 Å². The fraction of sp³-hybridized carbons (Fsp3) is 0.0714. The van der Waals surface area contributed by atoms with Gasteiger partial charge in [0.2, 0.25) is 0 Å². The van der Waals surface area contributed by atoms with Crippen LogP contribution >= 0.6 is 11.8 Å². The van der Waals surface area contributed by atoms with Gasteiger partial charge in [-0.3, -0.25) is 4.72 Å². The Morgan fingerprint density at radius 2 is 1.71 bits per heavy atom. The molecule has 2 rings (SSSR count). The van der Waals surface area contributed by atoms with Gasteiger partial charge in [0.25, 0.3) is 10.0 Å². The lowest BCUT2D eigenvalue weighted by molar-refractivity contribution is 0.0696. The molecule has 2 aromatic rings. The van der Waals surface area contributed by atoms with Gasteiger partial charge in [-0.15, -0.1) is 11.8 Å². The number of carboxylic acids is 1. The quantitative estimate of drug-likeness (QED) is 0.827. The minimum Gasteiger partial charge on any atom is -0.478 e. The normalized spacial score (nSPS) is 11.1. The molecular weight excluding hydrogens is 310 g/mol. The molecular formula is C14H13NO4S2. The molecule has 0 aliphatic carbocycles. The molecule has 0 radical (unpaired) electrons. The van der Waals surface area contributed by atoms with E-state index in [-0.39, 0.29) is 10.5 Å². The van der Waals surface area contributed by atoms with Crippen LogP contribution in [0.3, 0.4) is 0 Å². The highest BCUT2D eigenvalue weighted by Gasteiger charge is 2.16. The number of benzene rings is 2. The second kappa shape index (κ2) is 6.19. The Bertz CT molecular complexity index is 755. The van der Waals surface area contributed by atoms with Gasteiger partial charge in [0.05, 0.1) is 16.1 Å². The van der Waals surface area contributed by atoms with E-state index in [9.17, 15) is 13.2 Å². The molecule has 0 aliphatic heterocycles. The number of nitrogens with one attached hydrogen (secondary N) is 1. The minimum absolute atomic E-state index is 0.0170. The van der Waals surface area contributed by atoms with Gasteiger partial charge in [-0.2, -0.15) is 0 Å². The molecule has 0 saturated heterocycles. The maximum absolute atomic E-state index is 12.3. The molecule has 0 heterocycles. The number of aromatic carboxylic acids is 1. The average molecular weight is 323 g/mol. The number of carbonyl (C=O) groups is 1. The topological polar surface area (TPSA) is 83.5 Å². The molecule has 0 spiro atoms. The predicted molar refractivity (Wildman–Crippen MR) is 82.4 cm³/mol. The lowest BCUT2D eigenvalue weighted by Gasteiger charge is -2.11. The lowest BCUT2D eigenvalue weighted by Crippen LogP contribution is -2.13. The lowest BCUT2D eigenvalue weighted by atomic mass is 10.2.